The number of carbonyl (C=O) groups is 1. The van der Waals surface area contributed by atoms with Gasteiger partial charge in [-0.2, -0.15) is 0 Å². The molecule has 0 aliphatic rings. The van der Waals surface area contributed by atoms with Gasteiger partial charge in [-0.1, -0.05) is 25.8 Å². The van der Waals surface area contributed by atoms with Crippen LogP contribution < -0.4 is 0 Å². The molecule has 0 aliphatic carbocycles. The highest BCUT2D eigenvalue weighted by molar-refractivity contribution is 7.09. The summed E-state index contributed by atoms with van der Waals surface area (Å²) in [4.78, 5) is 14.3. The van der Waals surface area contributed by atoms with Crippen LogP contribution in [-0.4, -0.2) is 29.1 Å². The largest absolute Gasteiger partial charge is 0.480 e. The van der Waals surface area contributed by atoms with Crippen molar-refractivity contribution in [1.82, 2.24) is 4.90 Å². The van der Waals surface area contributed by atoms with Gasteiger partial charge in [-0.15, -0.1) is 11.3 Å². The third kappa shape index (κ3) is 3.94. The van der Waals surface area contributed by atoms with Gasteiger partial charge in [0.1, 0.15) is 6.04 Å². The molecule has 0 saturated heterocycles. The summed E-state index contributed by atoms with van der Waals surface area (Å²) in [7, 11) is 1.88. The van der Waals surface area contributed by atoms with Crippen molar-refractivity contribution in [2.24, 2.45) is 0 Å². The smallest absolute Gasteiger partial charge is 0.320 e. The van der Waals surface area contributed by atoms with E-state index in [0.717, 1.165) is 25.8 Å². The van der Waals surface area contributed by atoms with E-state index in [1.165, 1.54) is 4.88 Å². The Morgan fingerprint density at radius 3 is 2.88 bits per heavy atom. The maximum atomic E-state index is 11.1. The predicted octanol–water partition coefficient (Wildman–Crippen LogP) is 2.82. The molecule has 3 nitrogen and oxygen atoms in total. The van der Waals surface area contributed by atoms with Gasteiger partial charge in [0.2, 0.25) is 0 Å². The van der Waals surface area contributed by atoms with Gasteiger partial charge < -0.3 is 5.11 Å². The highest BCUT2D eigenvalue weighted by Gasteiger charge is 2.21. The molecular formula is C12H19NO2S. The van der Waals surface area contributed by atoms with Crippen LogP contribution in [0.3, 0.4) is 0 Å². The molecule has 0 aliphatic heterocycles. The average Bonchev–Trinajstić information content (AvgIpc) is 2.70. The second-order valence-electron chi connectivity index (χ2n) is 3.99. The van der Waals surface area contributed by atoms with E-state index < -0.39 is 5.97 Å². The summed E-state index contributed by atoms with van der Waals surface area (Å²) in [5, 5.41) is 11.2. The molecule has 1 heterocycles. The van der Waals surface area contributed by atoms with E-state index in [9.17, 15) is 4.79 Å². The molecule has 0 aromatic carbocycles. The molecule has 1 aromatic heterocycles. The first-order valence-electron chi connectivity index (χ1n) is 5.60. The predicted molar refractivity (Wildman–Crippen MR) is 66.7 cm³/mol. The van der Waals surface area contributed by atoms with Crippen molar-refractivity contribution in [3.63, 3.8) is 0 Å². The SMILES string of the molecule is CCCCC(C(=O)O)N(C)Cc1cccs1. The Hall–Kier alpha value is -0.870. The highest BCUT2D eigenvalue weighted by atomic mass is 32.1. The van der Waals surface area contributed by atoms with E-state index in [1.807, 2.05) is 29.5 Å². The zero-order chi connectivity index (χ0) is 12.0. The molecule has 4 heteroatoms. The van der Waals surface area contributed by atoms with Crippen molar-refractivity contribution in [3.8, 4) is 0 Å². The van der Waals surface area contributed by atoms with E-state index >= 15 is 0 Å². The van der Waals surface area contributed by atoms with Gasteiger partial charge in [0.05, 0.1) is 0 Å². The first-order valence-corrected chi connectivity index (χ1v) is 6.48. The number of aliphatic carboxylic acids is 1. The number of carboxylic acid groups (broad SMARTS) is 1. The fraction of sp³-hybridized carbons (Fsp3) is 0.583. The van der Waals surface area contributed by atoms with Crippen LogP contribution in [0.2, 0.25) is 0 Å². The number of hydrogen-bond donors (Lipinski definition) is 1. The van der Waals surface area contributed by atoms with Gasteiger partial charge in [-0.25, -0.2) is 0 Å². The Kier molecular flexibility index (Phi) is 5.49. The lowest BCUT2D eigenvalue weighted by atomic mass is 10.1. The summed E-state index contributed by atoms with van der Waals surface area (Å²) in [6.45, 7) is 2.80. The lowest BCUT2D eigenvalue weighted by Crippen LogP contribution is -2.37. The molecule has 1 N–H and O–H groups in total. The van der Waals surface area contributed by atoms with E-state index in [-0.39, 0.29) is 6.04 Å². The Morgan fingerprint density at radius 1 is 1.62 bits per heavy atom. The molecule has 1 atom stereocenters. The molecular weight excluding hydrogens is 222 g/mol. The Morgan fingerprint density at radius 2 is 2.38 bits per heavy atom. The number of unbranched alkanes of at least 4 members (excludes halogenated alkanes) is 1. The zero-order valence-electron chi connectivity index (χ0n) is 9.85. The third-order valence-electron chi connectivity index (χ3n) is 2.63. The lowest BCUT2D eigenvalue weighted by Gasteiger charge is -2.23. The molecule has 1 aromatic rings. The number of hydrogen-bond acceptors (Lipinski definition) is 3. The van der Waals surface area contributed by atoms with Crippen LogP contribution in [0.1, 0.15) is 31.1 Å². The molecule has 0 amide bonds. The van der Waals surface area contributed by atoms with Gasteiger partial charge in [-0.3, -0.25) is 9.69 Å². The van der Waals surface area contributed by atoms with Crippen LogP contribution in [0.5, 0.6) is 0 Å². The van der Waals surface area contributed by atoms with E-state index in [2.05, 4.69) is 6.92 Å². The fourth-order valence-electron chi connectivity index (χ4n) is 1.69. The molecule has 0 spiro atoms. The summed E-state index contributed by atoms with van der Waals surface area (Å²) in [6.07, 6.45) is 2.73. The number of thiophene rings is 1. The van der Waals surface area contributed by atoms with Gasteiger partial charge in [-0.05, 0) is 24.9 Å². The summed E-state index contributed by atoms with van der Waals surface area (Å²) in [6, 6.07) is 3.68. The topological polar surface area (TPSA) is 40.5 Å². The first-order chi connectivity index (χ1) is 7.65. The molecule has 0 fully saturated rings. The van der Waals surface area contributed by atoms with Crippen molar-refractivity contribution in [2.45, 2.75) is 38.8 Å². The number of carboxylic acids is 1. The van der Waals surface area contributed by atoms with Crippen LogP contribution >= 0.6 is 11.3 Å². The number of likely N-dealkylation sites (N-methyl/N-ethyl adjacent to an activating group) is 1. The Bertz CT molecular complexity index is 311. The fourth-order valence-corrected chi connectivity index (χ4v) is 2.46. The quantitative estimate of drug-likeness (QED) is 0.798. The average molecular weight is 241 g/mol. The molecule has 0 radical (unpaired) electrons. The van der Waals surface area contributed by atoms with Gasteiger partial charge in [0.25, 0.3) is 0 Å². The molecule has 0 saturated carbocycles. The minimum atomic E-state index is -0.715. The van der Waals surface area contributed by atoms with E-state index in [0.29, 0.717) is 0 Å². The highest BCUT2D eigenvalue weighted by Crippen LogP contribution is 2.15. The number of nitrogens with zero attached hydrogens (tertiary/aromatic N) is 1. The minimum absolute atomic E-state index is 0.359. The van der Waals surface area contributed by atoms with Gasteiger partial charge in [0.15, 0.2) is 0 Å². The van der Waals surface area contributed by atoms with Crippen molar-refractivity contribution in [3.05, 3.63) is 22.4 Å². The first kappa shape index (κ1) is 13.2. The van der Waals surface area contributed by atoms with Crippen molar-refractivity contribution >= 4 is 17.3 Å². The van der Waals surface area contributed by atoms with Gasteiger partial charge >= 0.3 is 5.97 Å². The van der Waals surface area contributed by atoms with Crippen LogP contribution in [-0.2, 0) is 11.3 Å². The van der Waals surface area contributed by atoms with Crippen molar-refractivity contribution in [1.29, 1.82) is 0 Å². The maximum absolute atomic E-state index is 11.1. The standard InChI is InChI=1S/C12H19NO2S/c1-3-4-7-11(12(14)15)13(2)9-10-6-5-8-16-10/h5-6,8,11H,3-4,7,9H2,1-2H3,(H,14,15). The summed E-state index contributed by atoms with van der Waals surface area (Å²) >= 11 is 1.67. The molecule has 16 heavy (non-hydrogen) atoms. The van der Waals surface area contributed by atoms with Crippen LogP contribution in [0, 0.1) is 0 Å². The van der Waals surface area contributed by atoms with Crippen LogP contribution in [0.15, 0.2) is 17.5 Å². The molecule has 0 bridgehead atoms. The lowest BCUT2D eigenvalue weighted by molar-refractivity contribution is -0.143. The Labute approximate surface area is 101 Å². The monoisotopic (exact) mass is 241 g/mol. The molecule has 90 valence electrons. The molecule has 1 unspecified atom stereocenters. The summed E-state index contributed by atoms with van der Waals surface area (Å²) < 4.78 is 0. The minimum Gasteiger partial charge on any atom is -0.480 e. The normalized spacial score (nSPS) is 12.9. The zero-order valence-corrected chi connectivity index (χ0v) is 10.7. The molecule has 1 rings (SSSR count). The van der Waals surface area contributed by atoms with Crippen LogP contribution in [0.4, 0.5) is 0 Å². The second-order valence-corrected chi connectivity index (χ2v) is 5.02. The van der Waals surface area contributed by atoms with Crippen molar-refractivity contribution < 1.29 is 9.90 Å². The van der Waals surface area contributed by atoms with E-state index in [1.54, 1.807) is 11.3 Å². The Balaban J connectivity index is 2.53. The third-order valence-corrected chi connectivity index (χ3v) is 3.49. The maximum Gasteiger partial charge on any atom is 0.320 e. The number of rotatable bonds is 7. The second kappa shape index (κ2) is 6.66. The van der Waals surface area contributed by atoms with Crippen LogP contribution in [0.25, 0.3) is 0 Å². The van der Waals surface area contributed by atoms with Gasteiger partial charge in [0, 0.05) is 11.4 Å². The van der Waals surface area contributed by atoms with Crippen molar-refractivity contribution in [2.75, 3.05) is 7.05 Å². The van der Waals surface area contributed by atoms with E-state index in [4.69, 9.17) is 5.11 Å². The summed E-state index contributed by atoms with van der Waals surface area (Å²) in [5.41, 5.74) is 0. The summed E-state index contributed by atoms with van der Waals surface area (Å²) in [5.74, 6) is -0.715.